The number of rotatable bonds is 8. The fraction of sp³-hybridized carbons (Fsp3) is 0.263. The van der Waals surface area contributed by atoms with Crippen LogP contribution in [0.3, 0.4) is 0 Å². The molecule has 0 heterocycles. The maximum absolute atomic E-state index is 13.2. The van der Waals surface area contributed by atoms with Crippen LogP contribution in [0.5, 0.6) is 0 Å². The van der Waals surface area contributed by atoms with Crippen LogP contribution in [0.4, 0.5) is 8.78 Å². The van der Waals surface area contributed by atoms with Crippen molar-refractivity contribution >= 4 is 21.8 Å². The largest absolute Gasteiger partial charge is 0.454 e. The zero-order chi connectivity index (χ0) is 20.9. The molecule has 0 amide bonds. The number of hydrogen-bond acceptors (Lipinski definition) is 5. The van der Waals surface area contributed by atoms with E-state index in [1.807, 2.05) is 6.92 Å². The first kappa shape index (κ1) is 21.6. The molecule has 0 saturated carbocycles. The average Bonchev–Trinajstić information content (AvgIpc) is 2.67. The van der Waals surface area contributed by atoms with E-state index in [0.717, 1.165) is 18.2 Å². The highest BCUT2D eigenvalue weighted by molar-refractivity contribution is 7.89. The number of Topliss-reactive ketones (excluding diaryl/α,β-unsaturated/α-hetero) is 1. The maximum atomic E-state index is 13.2. The van der Waals surface area contributed by atoms with Crippen LogP contribution in [0, 0.1) is 11.6 Å². The van der Waals surface area contributed by atoms with Gasteiger partial charge in [0, 0.05) is 11.6 Å². The Morgan fingerprint density at radius 1 is 1.04 bits per heavy atom. The molecule has 0 aliphatic heterocycles. The molecule has 150 valence electrons. The van der Waals surface area contributed by atoms with Crippen molar-refractivity contribution in [1.82, 2.24) is 4.72 Å². The molecular weight excluding hydrogens is 392 g/mol. The van der Waals surface area contributed by atoms with Crippen molar-refractivity contribution in [2.75, 3.05) is 6.61 Å². The lowest BCUT2D eigenvalue weighted by Crippen LogP contribution is -2.32. The van der Waals surface area contributed by atoms with Gasteiger partial charge in [-0.15, -0.1) is 0 Å². The van der Waals surface area contributed by atoms with Crippen LogP contribution < -0.4 is 4.72 Å². The van der Waals surface area contributed by atoms with E-state index in [1.165, 1.54) is 24.3 Å². The molecule has 0 radical (unpaired) electrons. The highest BCUT2D eigenvalue weighted by atomic mass is 32.2. The third-order valence-corrected chi connectivity index (χ3v) is 5.55. The summed E-state index contributed by atoms with van der Waals surface area (Å²) in [6.07, 6.45) is 0.621. The van der Waals surface area contributed by atoms with Gasteiger partial charge in [-0.1, -0.05) is 6.92 Å². The Bertz CT molecular complexity index is 974. The third kappa shape index (κ3) is 5.43. The number of ether oxygens (including phenoxy) is 1. The molecule has 0 aromatic heterocycles. The Morgan fingerprint density at radius 2 is 1.64 bits per heavy atom. The molecule has 6 nitrogen and oxygen atoms in total. The minimum atomic E-state index is -3.71. The molecule has 0 aliphatic carbocycles. The predicted molar refractivity (Wildman–Crippen MR) is 97.5 cm³/mol. The van der Waals surface area contributed by atoms with Crippen LogP contribution in [0.15, 0.2) is 47.4 Å². The lowest BCUT2D eigenvalue weighted by molar-refractivity contribution is 0.0474. The van der Waals surface area contributed by atoms with Crippen molar-refractivity contribution in [3.8, 4) is 0 Å². The standard InChI is InChI=1S/C19H19F2NO5S/c1-3-12(2)22-28(25,26)15-7-4-13(5-8-15)19(24)27-11-18(23)14-6-9-16(20)17(21)10-14/h4-10,12,22H,3,11H2,1-2H3/t12-/m1/s1. The number of benzene rings is 2. The van der Waals surface area contributed by atoms with Crippen molar-refractivity contribution in [2.24, 2.45) is 0 Å². The molecule has 9 heteroatoms. The first-order chi connectivity index (χ1) is 13.1. The van der Waals surface area contributed by atoms with Crippen molar-refractivity contribution in [3.05, 3.63) is 65.2 Å². The van der Waals surface area contributed by atoms with Gasteiger partial charge in [0.25, 0.3) is 0 Å². The Hall–Kier alpha value is -2.65. The van der Waals surface area contributed by atoms with E-state index in [1.54, 1.807) is 6.92 Å². The van der Waals surface area contributed by atoms with Crippen LogP contribution >= 0.6 is 0 Å². The molecule has 0 fully saturated rings. The van der Waals surface area contributed by atoms with Gasteiger partial charge in [0.15, 0.2) is 24.0 Å². The molecule has 0 unspecified atom stereocenters. The molecule has 0 bridgehead atoms. The fourth-order valence-corrected chi connectivity index (χ4v) is 3.48. The van der Waals surface area contributed by atoms with Gasteiger partial charge in [-0.05, 0) is 55.8 Å². The normalized spacial score (nSPS) is 12.4. The van der Waals surface area contributed by atoms with E-state index in [-0.39, 0.29) is 22.1 Å². The van der Waals surface area contributed by atoms with Crippen LogP contribution in [-0.2, 0) is 14.8 Å². The number of halogens is 2. The van der Waals surface area contributed by atoms with Gasteiger partial charge in [0.1, 0.15) is 0 Å². The van der Waals surface area contributed by atoms with Gasteiger partial charge >= 0.3 is 5.97 Å². The van der Waals surface area contributed by atoms with Crippen LogP contribution in [0.1, 0.15) is 41.0 Å². The van der Waals surface area contributed by atoms with Crippen LogP contribution in [-0.4, -0.2) is 32.8 Å². The lowest BCUT2D eigenvalue weighted by Gasteiger charge is -2.12. The van der Waals surface area contributed by atoms with Crippen molar-refractivity contribution in [3.63, 3.8) is 0 Å². The molecule has 0 aliphatic rings. The summed E-state index contributed by atoms with van der Waals surface area (Å²) in [6.45, 7) is 2.90. The third-order valence-electron chi connectivity index (χ3n) is 3.94. The van der Waals surface area contributed by atoms with Crippen molar-refractivity contribution in [1.29, 1.82) is 0 Å². The van der Waals surface area contributed by atoms with E-state index in [0.29, 0.717) is 6.42 Å². The van der Waals surface area contributed by atoms with Gasteiger partial charge in [0.05, 0.1) is 10.5 Å². The number of nitrogens with one attached hydrogen (secondary N) is 1. The zero-order valence-electron chi connectivity index (χ0n) is 15.2. The summed E-state index contributed by atoms with van der Waals surface area (Å²) in [5, 5.41) is 0. The highest BCUT2D eigenvalue weighted by Crippen LogP contribution is 2.13. The van der Waals surface area contributed by atoms with Gasteiger partial charge in [-0.25, -0.2) is 26.7 Å². The Balaban J connectivity index is 2.01. The van der Waals surface area contributed by atoms with Gasteiger partial charge in [0.2, 0.25) is 10.0 Å². The molecule has 1 atom stereocenters. The number of esters is 1. The van der Waals surface area contributed by atoms with Crippen molar-refractivity contribution in [2.45, 2.75) is 31.2 Å². The van der Waals surface area contributed by atoms with Gasteiger partial charge in [-0.3, -0.25) is 4.79 Å². The van der Waals surface area contributed by atoms with Crippen LogP contribution in [0.25, 0.3) is 0 Å². The van der Waals surface area contributed by atoms with E-state index in [2.05, 4.69) is 4.72 Å². The fourth-order valence-electron chi connectivity index (χ4n) is 2.15. The second-order valence-corrected chi connectivity index (χ2v) is 7.80. The predicted octanol–water partition coefficient (Wildman–Crippen LogP) is 3.08. The first-order valence-electron chi connectivity index (χ1n) is 8.41. The Morgan fingerprint density at radius 3 is 2.21 bits per heavy atom. The summed E-state index contributed by atoms with van der Waals surface area (Å²) < 4.78 is 57.7. The number of sulfonamides is 1. The molecule has 28 heavy (non-hydrogen) atoms. The SMILES string of the molecule is CC[C@@H](C)NS(=O)(=O)c1ccc(C(=O)OCC(=O)c2ccc(F)c(F)c2)cc1. The molecule has 2 aromatic rings. The lowest BCUT2D eigenvalue weighted by atomic mass is 10.1. The Labute approximate surface area is 161 Å². The smallest absolute Gasteiger partial charge is 0.338 e. The van der Waals surface area contributed by atoms with Gasteiger partial charge < -0.3 is 4.74 Å². The summed E-state index contributed by atoms with van der Waals surface area (Å²) in [7, 11) is -3.71. The van der Waals surface area contributed by atoms with Gasteiger partial charge in [-0.2, -0.15) is 0 Å². The number of carbonyl (C=O) groups excluding carboxylic acids is 2. The molecule has 0 spiro atoms. The van der Waals surface area contributed by atoms with Crippen LogP contribution in [0.2, 0.25) is 0 Å². The quantitative estimate of drug-likeness (QED) is 0.533. The monoisotopic (exact) mass is 411 g/mol. The number of ketones is 1. The maximum Gasteiger partial charge on any atom is 0.338 e. The summed E-state index contributed by atoms with van der Waals surface area (Å²) in [6, 6.07) is 7.38. The van der Waals surface area contributed by atoms with E-state index in [4.69, 9.17) is 4.74 Å². The minimum Gasteiger partial charge on any atom is -0.454 e. The average molecular weight is 411 g/mol. The molecule has 2 aromatic carbocycles. The Kier molecular flexibility index (Phi) is 6.98. The molecule has 1 N–H and O–H groups in total. The van der Waals surface area contributed by atoms with E-state index < -0.39 is 40.0 Å². The zero-order valence-corrected chi connectivity index (χ0v) is 16.1. The number of hydrogen-bond donors (Lipinski definition) is 1. The van der Waals surface area contributed by atoms with Crippen molar-refractivity contribution < 1.29 is 31.5 Å². The highest BCUT2D eigenvalue weighted by Gasteiger charge is 2.18. The first-order valence-corrected chi connectivity index (χ1v) is 9.90. The second kappa shape index (κ2) is 9.03. The summed E-state index contributed by atoms with van der Waals surface area (Å²) >= 11 is 0. The van der Waals surface area contributed by atoms with E-state index >= 15 is 0 Å². The molecule has 0 saturated heterocycles. The second-order valence-electron chi connectivity index (χ2n) is 6.08. The minimum absolute atomic E-state index is 0.0118. The topological polar surface area (TPSA) is 89.5 Å². The summed E-state index contributed by atoms with van der Waals surface area (Å²) in [4.78, 5) is 23.9. The van der Waals surface area contributed by atoms with E-state index in [9.17, 15) is 26.8 Å². The molecule has 2 rings (SSSR count). The summed E-state index contributed by atoms with van der Waals surface area (Å²) in [5.74, 6) is -3.83. The summed E-state index contributed by atoms with van der Waals surface area (Å²) in [5.41, 5.74) is -0.0927. The number of carbonyl (C=O) groups is 2. The molecular formula is C19H19F2NO5S.